The number of hydrogen-bond donors (Lipinski definition) is 0. The standard InChI is InChI=1S/C30H40N2O5/c1-18-15-24(36-17-26(33)37-29(4,5)6)20(3)19(2)22(18)16-21-12-13-23-27(31-21)30(7,8)28(34)32(23)25-11-9-10-14-35-25/h12-13,15,25H,9-11,14,16-17H2,1-8H3. The second-order valence-electron chi connectivity index (χ2n) is 11.8. The van der Waals surface area contributed by atoms with E-state index in [2.05, 4.69) is 6.92 Å². The van der Waals surface area contributed by atoms with Gasteiger partial charge in [-0.05, 0) is 115 Å². The predicted octanol–water partition coefficient (Wildman–Crippen LogP) is 5.47. The Morgan fingerprint density at radius 1 is 1.16 bits per heavy atom. The summed E-state index contributed by atoms with van der Waals surface area (Å²) in [5.74, 6) is 0.341. The third kappa shape index (κ3) is 5.52. The van der Waals surface area contributed by atoms with E-state index in [1.807, 2.05) is 71.6 Å². The van der Waals surface area contributed by atoms with E-state index >= 15 is 0 Å². The summed E-state index contributed by atoms with van der Waals surface area (Å²) in [6, 6.07) is 6.02. The summed E-state index contributed by atoms with van der Waals surface area (Å²) in [6.07, 6.45) is 3.38. The van der Waals surface area contributed by atoms with Crippen LogP contribution < -0.4 is 9.64 Å². The number of ether oxygens (including phenoxy) is 3. The van der Waals surface area contributed by atoms with Crippen LogP contribution in [-0.2, 0) is 30.9 Å². The summed E-state index contributed by atoms with van der Waals surface area (Å²) in [5.41, 5.74) is 5.67. The Bertz CT molecular complexity index is 1210. The molecule has 1 atom stereocenters. The van der Waals surface area contributed by atoms with Crippen LogP contribution in [-0.4, -0.2) is 41.9 Å². The van der Waals surface area contributed by atoms with Crippen molar-refractivity contribution in [1.29, 1.82) is 0 Å². The van der Waals surface area contributed by atoms with Gasteiger partial charge in [0.2, 0.25) is 5.91 Å². The Hall–Kier alpha value is -2.93. The molecule has 37 heavy (non-hydrogen) atoms. The van der Waals surface area contributed by atoms with E-state index < -0.39 is 17.0 Å². The molecule has 1 fully saturated rings. The molecule has 1 unspecified atom stereocenters. The number of esters is 1. The molecule has 0 N–H and O–H groups in total. The summed E-state index contributed by atoms with van der Waals surface area (Å²) >= 11 is 0. The van der Waals surface area contributed by atoms with Crippen molar-refractivity contribution in [3.8, 4) is 5.75 Å². The van der Waals surface area contributed by atoms with Crippen LogP contribution in [0.15, 0.2) is 18.2 Å². The number of nitrogens with zero attached hydrogens (tertiary/aromatic N) is 2. The highest BCUT2D eigenvalue weighted by atomic mass is 16.6. The average Bonchev–Trinajstić information content (AvgIpc) is 3.02. The largest absolute Gasteiger partial charge is 0.482 e. The molecule has 0 radical (unpaired) electrons. The minimum absolute atomic E-state index is 0.0498. The van der Waals surface area contributed by atoms with E-state index in [4.69, 9.17) is 19.2 Å². The average molecular weight is 509 g/mol. The third-order valence-corrected chi connectivity index (χ3v) is 7.31. The number of amides is 1. The smallest absolute Gasteiger partial charge is 0.344 e. The summed E-state index contributed by atoms with van der Waals surface area (Å²) < 4.78 is 17.2. The Kier molecular flexibility index (Phi) is 7.39. The highest BCUT2D eigenvalue weighted by Crippen LogP contribution is 2.43. The van der Waals surface area contributed by atoms with Crippen LogP contribution in [0.1, 0.15) is 87.5 Å². The summed E-state index contributed by atoms with van der Waals surface area (Å²) in [7, 11) is 0. The van der Waals surface area contributed by atoms with Gasteiger partial charge >= 0.3 is 5.97 Å². The van der Waals surface area contributed by atoms with Crippen molar-refractivity contribution in [3.05, 3.63) is 51.8 Å². The van der Waals surface area contributed by atoms with E-state index in [-0.39, 0.29) is 18.7 Å². The molecule has 200 valence electrons. The van der Waals surface area contributed by atoms with E-state index in [9.17, 15) is 9.59 Å². The fraction of sp³-hybridized carbons (Fsp3) is 0.567. The molecule has 4 rings (SSSR count). The molecule has 1 aromatic heterocycles. The van der Waals surface area contributed by atoms with Crippen LogP contribution in [0, 0.1) is 20.8 Å². The first-order chi connectivity index (χ1) is 17.3. The summed E-state index contributed by atoms with van der Waals surface area (Å²) in [6.45, 7) is 16.1. The first-order valence-electron chi connectivity index (χ1n) is 13.2. The molecule has 3 heterocycles. The van der Waals surface area contributed by atoms with Gasteiger partial charge in [0.05, 0.1) is 16.8 Å². The molecule has 0 aliphatic carbocycles. The fourth-order valence-corrected chi connectivity index (χ4v) is 5.18. The van der Waals surface area contributed by atoms with Gasteiger partial charge in [-0.2, -0.15) is 0 Å². The zero-order chi connectivity index (χ0) is 27.1. The maximum absolute atomic E-state index is 13.4. The van der Waals surface area contributed by atoms with E-state index in [0.717, 1.165) is 53.0 Å². The molecule has 0 spiro atoms. The Balaban J connectivity index is 1.57. The van der Waals surface area contributed by atoms with Crippen molar-refractivity contribution in [3.63, 3.8) is 0 Å². The number of rotatable bonds is 6. The Morgan fingerprint density at radius 3 is 2.54 bits per heavy atom. The van der Waals surface area contributed by atoms with Gasteiger partial charge in [0.1, 0.15) is 17.6 Å². The van der Waals surface area contributed by atoms with Crippen LogP contribution in [0.5, 0.6) is 5.75 Å². The predicted molar refractivity (Wildman–Crippen MR) is 143 cm³/mol. The van der Waals surface area contributed by atoms with Crippen LogP contribution in [0.25, 0.3) is 0 Å². The van der Waals surface area contributed by atoms with E-state index in [1.165, 1.54) is 5.56 Å². The highest BCUT2D eigenvalue weighted by Gasteiger charge is 2.48. The van der Waals surface area contributed by atoms with Crippen LogP contribution in [0.2, 0.25) is 0 Å². The number of hydrogen-bond acceptors (Lipinski definition) is 6. The zero-order valence-electron chi connectivity index (χ0n) is 23.5. The molecular formula is C30H40N2O5. The van der Waals surface area contributed by atoms with Gasteiger partial charge in [0, 0.05) is 18.7 Å². The maximum atomic E-state index is 13.4. The molecule has 2 aliphatic heterocycles. The molecule has 2 aliphatic rings. The lowest BCUT2D eigenvalue weighted by atomic mass is 9.89. The van der Waals surface area contributed by atoms with Gasteiger partial charge in [-0.3, -0.25) is 14.7 Å². The molecule has 0 bridgehead atoms. The first-order valence-corrected chi connectivity index (χ1v) is 13.2. The maximum Gasteiger partial charge on any atom is 0.344 e. The monoisotopic (exact) mass is 508 g/mol. The van der Waals surface area contributed by atoms with Gasteiger partial charge in [-0.25, -0.2) is 4.79 Å². The highest BCUT2D eigenvalue weighted by molar-refractivity contribution is 6.07. The molecule has 7 heteroatoms. The number of anilines is 1. The van der Waals surface area contributed by atoms with Gasteiger partial charge in [0.15, 0.2) is 6.61 Å². The zero-order valence-corrected chi connectivity index (χ0v) is 23.5. The van der Waals surface area contributed by atoms with E-state index in [1.54, 1.807) is 0 Å². The number of aryl methyl sites for hydroxylation is 1. The van der Waals surface area contributed by atoms with Gasteiger partial charge < -0.3 is 14.2 Å². The lowest BCUT2D eigenvalue weighted by Gasteiger charge is -2.32. The summed E-state index contributed by atoms with van der Waals surface area (Å²) in [5, 5.41) is 0. The lowest BCUT2D eigenvalue weighted by molar-refractivity contribution is -0.157. The minimum atomic E-state index is -0.703. The van der Waals surface area contributed by atoms with Crippen molar-refractivity contribution in [2.45, 2.75) is 98.3 Å². The van der Waals surface area contributed by atoms with Crippen molar-refractivity contribution >= 4 is 17.6 Å². The van der Waals surface area contributed by atoms with Crippen molar-refractivity contribution in [1.82, 2.24) is 4.98 Å². The van der Waals surface area contributed by atoms with Crippen molar-refractivity contribution in [2.75, 3.05) is 18.1 Å². The number of fused-ring (bicyclic) bond motifs is 1. The first kappa shape index (κ1) is 27.1. The van der Waals surface area contributed by atoms with Gasteiger partial charge in [-0.15, -0.1) is 0 Å². The number of aromatic nitrogens is 1. The lowest BCUT2D eigenvalue weighted by Crippen LogP contribution is -2.45. The van der Waals surface area contributed by atoms with Crippen molar-refractivity contribution < 1.29 is 23.8 Å². The molecule has 2 aromatic rings. The SMILES string of the molecule is Cc1cc(OCC(=O)OC(C)(C)C)c(C)c(C)c1Cc1ccc2c(n1)C(C)(C)C(=O)N2C1CCCCO1. The molecule has 7 nitrogen and oxygen atoms in total. The Morgan fingerprint density at radius 2 is 1.89 bits per heavy atom. The number of carbonyl (C=O) groups is 2. The van der Waals surface area contributed by atoms with Crippen LogP contribution in [0.3, 0.4) is 0 Å². The third-order valence-electron chi connectivity index (χ3n) is 7.31. The topological polar surface area (TPSA) is 78.0 Å². The number of carbonyl (C=O) groups excluding carboxylic acids is 2. The number of benzene rings is 1. The second-order valence-corrected chi connectivity index (χ2v) is 11.8. The van der Waals surface area contributed by atoms with Crippen LogP contribution >= 0.6 is 0 Å². The second kappa shape index (κ2) is 10.1. The fourth-order valence-electron chi connectivity index (χ4n) is 5.18. The molecule has 1 amide bonds. The van der Waals surface area contributed by atoms with E-state index in [0.29, 0.717) is 18.8 Å². The van der Waals surface area contributed by atoms with Gasteiger partial charge in [-0.1, -0.05) is 0 Å². The minimum Gasteiger partial charge on any atom is -0.482 e. The quantitative estimate of drug-likeness (QED) is 0.482. The molecule has 1 saturated heterocycles. The van der Waals surface area contributed by atoms with Gasteiger partial charge in [0.25, 0.3) is 0 Å². The molecule has 0 saturated carbocycles. The summed E-state index contributed by atoms with van der Waals surface area (Å²) in [4.78, 5) is 32.3. The normalized spacial score (nSPS) is 19.1. The van der Waals surface area contributed by atoms with Crippen LogP contribution in [0.4, 0.5) is 5.69 Å². The number of pyridine rings is 1. The Labute approximate surface area is 220 Å². The molecular weight excluding hydrogens is 468 g/mol. The van der Waals surface area contributed by atoms with Crippen molar-refractivity contribution in [2.24, 2.45) is 0 Å². The molecule has 1 aromatic carbocycles.